The maximum absolute atomic E-state index is 6.11. The lowest BCUT2D eigenvalue weighted by atomic mass is 10.2. The molecule has 5 heteroatoms. The van der Waals surface area contributed by atoms with Gasteiger partial charge in [0.2, 0.25) is 0 Å². The highest BCUT2D eigenvalue weighted by Gasteiger charge is 2.18. The van der Waals surface area contributed by atoms with Gasteiger partial charge in [0.25, 0.3) is 0 Å². The fraction of sp³-hybridized carbons (Fsp3) is 0.500. The third-order valence-electron chi connectivity index (χ3n) is 3.47. The molecular formula is C14H20ClN3S. The molecule has 0 aliphatic rings. The number of rotatable bonds is 6. The summed E-state index contributed by atoms with van der Waals surface area (Å²) in [5.74, 6) is 2.63. The van der Waals surface area contributed by atoms with Crippen LogP contribution < -0.4 is 4.90 Å². The van der Waals surface area contributed by atoms with Gasteiger partial charge in [-0.1, -0.05) is 6.07 Å². The number of imidazole rings is 1. The van der Waals surface area contributed by atoms with Gasteiger partial charge in [-0.15, -0.1) is 11.6 Å². The van der Waals surface area contributed by atoms with E-state index in [-0.39, 0.29) is 0 Å². The van der Waals surface area contributed by atoms with Crippen molar-refractivity contribution in [1.29, 1.82) is 0 Å². The van der Waals surface area contributed by atoms with E-state index in [1.807, 2.05) is 36.2 Å². The minimum atomic E-state index is 0.458. The normalized spacial score (nSPS) is 12.8. The molecule has 2 aromatic rings. The summed E-state index contributed by atoms with van der Waals surface area (Å²) in [6, 6.07) is 6.48. The Balaban J connectivity index is 2.33. The van der Waals surface area contributed by atoms with Crippen LogP contribution in [0.3, 0.4) is 0 Å². The predicted molar refractivity (Wildman–Crippen MR) is 85.6 cm³/mol. The van der Waals surface area contributed by atoms with E-state index < -0.39 is 0 Å². The highest BCUT2D eigenvalue weighted by atomic mass is 35.5. The Morgan fingerprint density at radius 1 is 1.47 bits per heavy atom. The third-order valence-corrected chi connectivity index (χ3v) is 4.37. The van der Waals surface area contributed by atoms with Crippen molar-refractivity contribution >= 4 is 34.8 Å². The van der Waals surface area contributed by atoms with Crippen LogP contribution in [-0.2, 0) is 5.88 Å². The molecule has 0 spiro atoms. The van der Waals surface area contributed by atoms with Crippen molar-refractivity contribution in [3.8, 4) is 0 Å². The first-order valence-electron chi connectivity index (χ1n) is 6.42. The van der Waals surface area contributed by atoms with Crippen LogP contribution in [0.2, 0.25) is 0 Å². The zero-order valence-corrected chi connectivity index (χ0v) is 13.2. The van der Waals surface area contributed by atoms with Crippen molar-refractivity contribution in [2.24, 2.45) is 0 Å². The van der Waals surface area contributed by atoms with E-state index >= 15 is 0 Å². The quantitative estimate of drug-likeness (QED) is 0.759. The molecule has 2 heterocycles. The monoisotopic (exact) mass is 297 g/mol. The van der Waals surface area contributed by atoms with Crippen LogP contribution in [0.5, 0.6) is 0 Å². The van der Waals surface area contributed by atoms with Gasteiger partial charge < -0.3 is 9.30 Å². The molecule has 0 amide bonds. The van der Waals surface area contributed by atoms with E-state index in [1.165, 1.54) is 0 Å². The van der Waals surface area contributed by atoms with E-state index in [4.69, 9.17) is 16.6 Å². The highest BCUT2D eigenvalue weighted by molar-refractivity contribution is 7.98. The van der Waals surface area contributed by atoms with Gasteiger partial charge >= 0.3 is 0 Å². The lowest BCUT2D eigenvalue weighted by Crippen LogP contribution is -2.30. The van der Waals surface area contributed by atoms with Crippen LogP contribution in [0.25, 0.3) is 5.65 Å². The summed E-state index contributed by atoms with van der Waals surface area (Å²) in [6.07, 6.45) is 5.30. The summed E-state index contributed by atoms with van der Waals surface area (Å²) in [5, 5.41) is 0. The lowest BCUT2D eigenvalue weighted by molar-refractivity contribution is 0.661. The third kappa shape index (κ3) is 3.00. The van der Waals surface area contributed by atoms with Gasteiger partial charge in [-0.3, -0.25) is 0 Å². The maximum Gasteiger partial charge on any atom is 0.152 e. The number of nitrogens with zero attached hydrogens (tertiary/aromatic N) is 3. The molecule has 0 aliphatic carbocycles. The van der Waals surface area contributed by atoms with Gasteiger partial charge in [-0.25, -0.2) is 4.98 Å². The smallest absolute Gasteiger partial charge is 0.152 e. The van der Waals surface area contributed by atoms with Crippen molar-refractivity contribution in [1.82, 2.24) is 9.38 Å². The standard InChI is InChI=1S/C14H20ClN3S/c1-11(7-9-19-3)17(2)14-12(10-15)18-8-5-4-6-13(18)16-14/h4-6,8,11H,7,9-10H2,1-3H3. The van der Waals surface area contributed by atoms with E-state index in [0.29, 0.717) is 11.9 Å². The summed E-state index contributed by atoms with van der Waals surface area (Å²) in [7, 11) is 2.10. The molecule has 1 unspecified atom stereocenters. The number of aromatic nitrogens is 2. The van der Waals surface area contributed by atoms with E-state index in [9.17, 15) is 0 Å². The number of pyridine rings is 1. The van der Waals surface area contributed by atoms with Crippen LogP contribution in [0.15, 0.2) is 24.4 Å². The van der Waals surface area contributed by atoms with Gasteiger partial charge in [0.05, 0.1) is 11.6 Å². The second-order valence-electron chi connectivity index (χ2n) is 4.69. The molecule has 0 aromatic carbocycles. The van der Waals surface area contributed by atoms with Gasteiger partial charge in [0.15, 0.2) is 5.82 Å². The summed E-state index contributed by atoms with van der Waals surface area (Å²) in [5.41, 5.74) is 2.02. The Hall–Kier alpha value is -0.870. The minimum absolute atomic E-state index is 0.458. The van der Waals surface area contributed by atoms with E-state index in [0.717, 1.165) is 29.3 Å². The van der Waals surface area contributed by atoms with Gasteiger partial charge in [0, 0.05) is 19.3 Å². The number of hydrogen-bond donors (Lipinski definition) is 0. The molecule has 0 bridgehead atoms. The molecule has 2 aromatic heterocycles. The van der Waals surface area contributed by atoms with Crippen molar-refractivity contribution in [2.75, 3.05) is 24.0 Å². The van der Waals surface area contributed by atoms with Gasteiger partial charge in [-0.05, 0) is 37.5 Å². The molecule has 0 saturated carbocycles. The first kappa shape index (κ1) is 14.5. The Morgan fingerprint density at radius 2 is 2.26 bits per heavy atom. The molecule has 0 aliphatic heterocycles. The Morgan fingerprint density at radius 3 is 2.95 bits per heavy atom. The summed E-state index contributed by atoms with van der Waals surface area (Å²) >= 11 is 7.99. The molecule has 0 saturated heterocycles. The SMILES string of the molecule is CSCCC(C)N(C)c1nc2ccccn2c1CCl. The number of anilines is 1. The second kappa shape index (κ2) is 6.53. The zero-order valence-electron chi connectivity index (χ0n) is 11.6. The molecule has 1 atom stereocenters. The fourth-order valence-corrected chi connectivity index (χ4v) is 2.96. The summed E-state index contributed by atoms with van der Waals surface area (Å²) in [4.78, 5) is 6.95. The van der Waals surface area contributed by atoms with E-state index in [2.05, 4.69) is 29.5 Å². The number of alkyl halides is 1. The average Bonchev–Trinajstić information content (AvgIpc) is 2.82. The molecule has 0 fully saturated rings. The fourth-order valence-electron chi connectivity index (χ4n) is 2.13. The predicted octanol–water partition coefficient (Wildman–Crippen LogP) is 3.65. The van der Waals surface area contributed by atoms with E-state index in [1.54, 1.807) is 0 Å². The number of fused-ring (bicyclic) bond motifs is 1. The number of hydrogen-bond acceptors (Lipinski definition) is 3. The topological polar surface area (TPSA) is 20.5 Å². The van der Waals surface area contributed by atoms with Crippen LogP contribution in [-0.4, -0.2) is 34.5 Å². The molecule has 3 nitrogen and oxygen atoms in total. The second-order valence-corrected chi connectivity index (χ2v) is 5.94. The van der Waals surface area contributed by atoms with Crippen LogP contribution in [0, 0.1) is 0 Å². The first-order chi connectivity index (χ1) is 9.19. The van der Waals surface area contributed by atoms with Crippen LogP contribution in [0.4, 0.5) is 5.82 Å². The Labute approximate surface area is 124 Å². The zero-order chi connectivity index (χ0) is 13.8. The molecule has 2 rings (SSSR count). The van der Waals surface area contributed by atoms with Crippen molar-refractivity contribution in [2.45, 2.75) is 25.3 Å². The van der Waals surface area contributed by atoms with Crippen molar-refractivity contribution in [3.05, 3.63) is 30.1 Å². The Kier molecular flexibility index (Phi) is 4.99. The number of halogens is 1. The highest BCUT2D eigenvalue weighted by Crippen LogP contribution is 2.24. The van der Waals surface area contributed by atoms with Crippen molar-refractivity contribution < 1.29 is 0 Å². The molecular weight excluding hydrogens is 278 g/mol. The van der Waals surface area contributed by atoms with Crippen LogP contribution in [0.1, 0.15) is 19.0 Å². The van der Waals surface area contributed by atoms with Crippen molar-refractivity contribution in [3.63, 3.8) is 0 Å². The Bertz CT molecular complexity index is 540. The maximum atomic E-state index is 6.11. The molecule has 104 valence electrons. The molecule has 0 radical (unpaired) electrons. The van der Waals surface area contributed by atoms with Gasteiger partial charge in [0.1, 0.15) is 5.65 Å². The van der Waals surface area contributed by atoms with Crippen LogP contribution >= 0.6 is 23.4 Å². The average molecular weight is 298 g/mol. The van der Waals surface area contributed by atoms with Gasteiger partial charge in [-0.2, -0.15) is 11.8 Å². The molecule has 19 heavy (non-hydrogen) atoms. The largest absolute Gasteiger partial charge is 0.355 e. The summed E-state index contributed by atoms with van der Waals surface area (Å²) < 4.78 is 2.07. The minimum Gasteiger partial charge on any atom is -0.355 e. The molecule has 0 N–H and O–H groups in total. The summed E-state index contributed by atoms with van der Waals surface area (Å²) in [6.45, 7) is 2.23. The first-order valence-corrected chi connectivity index (χ1v) is 8.35. The lowest BCUT2D eigenvalue weighted by Gasteiger charge is -2.25. The number of thioether (sulfide) groups is 1.